The molecule has 15 heavy (non-hydrogen) atoms. The highest BCUT2D eigenvalue weighted by atomic mass is 32.2. The van der Waals surface area contributed by atoms with Crippen LogP contribution < -0.4 is 5.73 Å². The molecule has 0 aliphatic rings. The van der Waals surface area contributed by atoms with Crippen LogP contribution in [-0.4, -0.2) is 38.0 Å². The first-order valence-electron chi connectivity index (χ1n) is 4.97. The average molecular weight is 237 g/mol. The summed E-state index contributed by atoms with van der Waals surface area (Å²) >= 11 is 0. The first-order valence-corrected chi connectivity index (χ1v) is 6.69. The van der Waals surface area contributed by atoms with E-state index in [1.807, 2.05) is 0 Å². The quantitative estimate of drug-likeness (QED) is 0.662. The van der Waals surface area contributed by atoms with Crippen LogP contribution in [0.4, 0.5) is 0 Å². The topological polar surface area (TPSA) is 86.5 Å². The van der Waals surface area contributed by atoms with Gasteiger partial charge in [0.2, 0.25) is 0 Å². The zero-order chi connectivity index (χ0) is 12.1. The van der Waals surface area contributed by atoms with Crippen molar-refractivity contribution in [3.8, 4) is 0 Å². The number of sulfone groups is 1. The third-order valence-corrected chi connectivity index (χ3v) is 4.39. The molecule has 0 aromatic carbocycles. The van der Waals surface area contributed by atoms with Crippen LogP contribution in [0.2, 0.25) is 0 Å². The number of esters is 1. The van der Waals surface area contributed by atoms with Gasteiger partial charge in [-0.15, -0.1) is 0 Å². The molecule has 0 aliphatic heterocycles. The maximum Gasteiger partial charge on any atom is 0.321 e. The van der Waals surface area contributed by atoms with Gasteiger partial charge in [-0.2, -0.15) is 0 Å². The largest absolute Gasteiger partial charge is 0.465 e. The van der Waals surface area contributed by atoms with E-state index in [2.05, 4.69) is 4.74 Å². The third-order valence-electron chi connectivity index (χ3n) is 2.27. The van der Waals surface area contributed by atoms with E-state index in [0.717, 1.165) is 0 Å². The Morgan fingerprint density at radius 3 is 2.33 bits per heavy atom. The van der Waals surface area contributed by atoms with Crippen LogP contribution in [0.3, 0.4) is 0 Å². The lowest BCUT2D eigenvalue weighted by Gasteiger charge is -2.17. The Morgan fingerprint density at radius 2 is 1.93 bits per heavy atom. The molecule has 0 aliphatic carbocycles. The van der Waals surface area contributed by atoms with Gasteiger partial charge in [-0.05, 0) is 20.3 Å². The van der Waals surface area contributed by atoms with E-state index in [0.29, 0.717) is 6.42 Å². The fourth-order valence-electron chi connectivity index (χ4n) is 1.10. The molecule has 0 heterocycles. The molecule has 0 aromatic heterocycles. The second-order valence-corrected chi connectivity index (χ2v) is 5.75. The molecule has 2 unspecified atom stereocenters. The second kappa shape index (κ2) is 6.07. The van der Waals surface area contributed by atoms with Gasteiger partial charge in [0.1, 0.15) is 5.75 Å². The first kappa shape index (κ1) is 14.4. The first-order chi connectivity index (χ1) is 6.85. The number of ether oxygens (including phenoxy) is 1. The van der Waals surface area contributed by atoms with Crippen LogP contribution in [-0.2, 0) is 19.4 Å². The molecule has 0 rings (SSSR count). The van der Waals surface area contributed by atoms with Crippen LogP contribution in [0.25, 0.3) is 0 Å². The van der Waals surface area contributed by atoms with Crippen molar-refractivity contribution in [2.24, 2.45) is 5.73 Å². The van der Waals surface area contributed by atoms with Crippen molar-refractivity contribution in [3.05, 3.63) is 0 Å². The Morgan fingerprint density at radius 1 is 1.40 bits per heavy atom. The zero-order valence-corrected chi connectivity index (χ0v) is 10.2. The van der Waals surface area contributed by atoms with Crippen LogP contribution in [0, 0.1) is 0 Å². The van der Waals surface area contributed by atoms with Gasteiger partial charge in [0.15, 0.2) is 9.84 Å². The fourth-order valence-corrected chi connectivity index (χ4v) is 2.50. The maximum atomic E-state index is 11.6. The number of carbonyl (C=O) groups is 1. The number of nitrogens with two attached hydrogens (primary N) is 1. The summed E-state index contributed by atoms with van der Waals surface area (Å²) in [5, 5.41) is -0.716. The lowest BCUT2D eigenvalue weighted by molar-refractivity contribution is -0.139. The average Bonchev–Trinajstić information content (AvgIpc) is 2.15. The summed E-state index contributed by atoms with van der Waals surface area (Å²) in [6, 6.07) is -0.440. The minimum atomic E-state index is -3.49. The predicted octanol–water partition coefficient (Wildman–Crippen LogP) is 0.0901. The Balaban J connectivity index is 4.48. The Kier molecular flexibility index (Phi) is 5.82. The summed E-state index contributed by atoms with van der Waals surface area (Å²) in [5.74, 6) is -1.30. The van der Waals surface area contributed by atoms with Crippen molar-refractivity contribution in [2.75, 3.05) is 12.4 Å². The zero-order valence-electron chi connectivity index (χ0n) is 9.39. The van der Waals surface area contributed by atoms with Gasteiger partial charge in [0.25, 0.3) is 0 Å². The highest BCUT2D eigenvalue weighted by molar-refractivity contribution is 7.92. The molecule has 2 N–H and O–H groups in total. The SMILES string of the molecule is CCOC(=O)CS(=O)(=O)C(C)C(N)CC. The van der Waals surface area contributed by atoms with Crippen LogP contribution in [0.1, 0.15) is 27.2 Å². The summed E-state index contributed by atoms with van der Waals surface area (Å²) in [5.41, 5.74) is 5.62. The predicted molar refractivity (Wildman–Crippen MR) is 58.1 cm³/mol. The van der Waals surface area contributed by atoms with Gasteiger partial charge in [0.05, 0.1) is 11.9 Å². The fraction of sp³-hybridized carbons (Fsp3) is 0.889. The van der Waals surface area contributed by atoms with Gasteiger partial charge in [0, 0.05) is 6.04 Å². The van der Waals surface area contributed by atoms with E-state index in [1.54, 1.807) is 13.8 Å². The molecule has 0 saturated carbocycles. The Hall–Kier alpha value is -0.620. The van der Waals surface area contributed by atoms with Gasteiger partial charge in [-0.3, -0.25) is 4.79 Å². The van der Waals surface area contributed by atoms with Crippen molar-refractivity contribution in [2.45, 2.75) is 38.5 Å². The highest BCUT2D eigenvalue weighted by Gasteiger charge is 2.28. The molecule has 0 saturated heterocycles. The van der Waals surface area contributed by atoms with Gasteiger partial charge in [-0.1, -0.05) is 6.92 Å². The molecule has 0 amide bonds. The van der Waals surface area contributed by atoms with E-state index in [-0.39, 0.29) is 6.61 Å². The lowest BCUT2D eigenvalue weighted by atomic mass is 10.2. The van der Waals surface area contributed by atoms with Crippen LogP contribution in [0.15, 0.2) is 0 Å². The minimum absolute atomic E-state index is 0.183. The molecule has 0 spiro atoms. The minimum Gasteiger partial charge on any atom is -0.465 e. The van der Waals surface area contributed by atoms with E-state index in [4.69, 9.17) is 5.73 Å². The summed E-state index contributed by atoms with van der Waals surface area (Å²) in [6.07, 6.45) is 0.559. The summed E-state index contributed by atoms with van der Waals surface area (Å²) < 4.78 is 27.9. The Bertz CT molecular complexity index is 299. The van der Waals surface area contributed by atoms with Gasteiger partial charge in [-0.25, -0.2) is 8.42 Å². The molecular weight excluding hydrogens is 218 g/mol. The van der Waals surface area contributed by atoms with Crippen molar-refractivity contribution < 1.29 is 17.9 Å². The van der Waals surface area contributed by atoms with E-state index >= 15 is 0 Å². The standard InChI is InChI=1S/C9H19NO4S/c1-4-8(10)7(3)15(12,13)6-9(11)14-5-2/h7-8H,4-6,10H2,1-3H3. The number of hydrogen-bond acceptors (Lipinski definition) is 5. The van der Waals surface area contributed by atoms with Crippen molar-refractivity contribution >= 4 is 15.8 Å². The normalized spacial score (nSPS) is 15.7. The molecule has 0 radical (unpaired) electrons. The third kappa shape index (κ3) is 4.61. The van der Waals surface area contributed by atoms with Crippen LogP contribution >= 0.6 is 0 Å². The van der Waals surface area contributed by atoms with E-state index in [1.165, 1.54) is 6.92 Å². The lowest BCUT2D eigenvalue weighted by Crippen LogP contribution is -2.40. The van der Waals surface area contributed by atoms with Crippen molar-refractivity contribution in [1.29, 1.82) is 0 Å². The van der Waals surface area contributed by atoms with Gasteiger partial charge >= 0.3 is 5.97 Å². The van der Waals surface area contributed by atoms with E-state index < -0.39 is 32.9 Å². The summed E-state index contributed by atoms with van der Waals surface area (Å²) in [4.78, 5) is 11.0. The summed E-state index contributed by atoms with van der Waals surface area (Å²) in [6.45, 7) is 5.14. The number of carbonyl (C=O) groups excluding carboxylic acids is 1. The molecule has 0 fully saturated rings. The number of rotatable bonds is 6. The van der Waals surface area contributed by atoms with Crippen molar-refractivity contribution in [1.82, 2.24) is 0 Å². The van der Waals surface area contributed by atoms with E-state index in [9.17, 15) is 13.2 Å². The Labute approximate surface area is 90.9 Å². The molecular formula is C9H19NO4S. The molecule has 2 atom stereocenters. The second-order valence-electron chi connectivity index (χ2n) is 3.39. The smallest absolute Gasteiger partial charge is 0.321 e. The highest BCUT2D eigenvalue weighted by Crippen LogP contribution is 2.08. The number of hydrogen-bond donors (Lipinski definition) is 1. The molecule has 5 nitrogen and oxygen atoms in total. The molecule has 0 aromatic rings. The summed E-state index contributed by atoms with van der Waals surface area (Å²) in [7, 11) is -3.49. The monoisotopic (exact) mass is 237 g/mol. The van der Waals surface area contributed by atoms with Crippen LogP contribution in [0.5, 0.6) is 0 Å². The molecule has 90 valence electrons. The van der Waals surface area contributed by atoms with Crippen molar-refractivity contribution in [3.63, 3.8) is 0 Å². The molecule has 0 bridgehead atoms. The molecule has 6 heteroatoms. The maximum absolute atomic E-state index is 11.6. The van der Waals surface area contributed by atoms with Gasteiger partial charge < -0.3 is 10.5 Å².